The van der Waals surface area contributed by atoms with E-state index in [1.165, 1.54) is 6.07 Å². The van der Waals surface area contributed by atoms with Crippen molar-refractivity contribution in [2.24, 2.45) is 5.41 Å². The lowest BCUT2D eigenvalue weighted by molar-refractivity contribution is -0.138. The number of nitrogens with zero attached hydrogens (tertiary/aromatic N) is 7. The van der Waals surface area contributed by atoms with Gasteiger partial charge in [0.15, 0.2) is 5.82 Å². The van der Waals surface area contributed by atoms with E-state index in [0.717, 1.165) is 12.0 Å². The molecule has 0 aromatic carbocycles. The number of halogens is 2. The summed E-state index contributed by atoms with van der Waals surface area (Å²) in [7, 11) is 0. The molecular weight excluding hydrogens is 607 g/mol. The maximum Gasteiger partial charge on any atom is 0.248 e. The number of piperidine rings is 1. The Morgan fingerprint density at radius 1 is 1.19 bits per heavy atom. The summed E-state index contributed by atoms with van der Waals surface area (Å²) in [5.41, 5.74) is 3.37. The fourth-order valence-corrected chi connectivity index (χ4v) is 6.26. The van der Waals surface area contributed by atoms with Gasteiger partial charge in [0.25, 0.3) is 0 Å². The van der Waals surface area contributed by atoms with E-state index in [4.69, 9.17) is 4.98 Å². The number of fused-ring (bicyclic) bond motifs is 2. The Bertz CT molecular complexity index is 1760. The molecule has 4 aromatic heterocycles. The SMILES string of the molecule is Cc1ncc(-c2cc3c(C(C)O)nn(CC(=O)N4[C@H](C(=O)Nc5nc(Br)c(F)cc5C)C[C@@]5(C)C[C@@H]45)c3c(C)n2)cn1. The highest BCUT2D eigenvalue weighted by Crippen LogP contribution is 2.59. The van der Waals surface area contributed by atoms with E-state index < -0.39 is 18.0 Å². The molecule has 1 aliphatic heterocycles. The first-order valence-electron chi connectivity index (χ1n) is 13.7. The zero-order valence-corrected chi connectivity index (χ0v) is 25.4. The Kier molecular flexibility index (Phi) is 6.84. The first-order valence-corrected chi connectivity index (χ1v) is 14.5. The third kappa shape index (κ3) is 4.83. The Morgan fingerprint density at radius 2 is 1.90 bits per heavy atom. The maximum absolute atomic E-state index is 13.9. The van der Waals surface area contributed by atoms with Crippen molar-refractivity contribution in [1.29, 1.82) is 0 Å². The monoisotopic (exact) mass is 636 g/mol. The third-order valence-corrected chi connectivity index (χ3v) is 8.83. The Balaban J connectivity index is 1.31. The van der Waals surface area contributed by atoms with Gasteiger partial charge in [-0.2, -0.15) is 5.10 Å². The van der Waals surface area contributed by atoms with Gasteiger partial charge < -0.3 is 15.3 Å². The second-order valence-electron chi connectivity index (χ2n) is 11.5. The van der Waals surface area contributed by atoms with Crippen LogP contribution in [0.25, 0.3) is 22.2 Å². The van der Waals surface area contributed by atoms with Crippen LogP contribution in [0.3, 0.4) is 0 Å². The molecule has 0 spiro atoms. The molecule has 13 heteroatoms. The second-order valence-corrected chi connectivity index (χ2v) is 12.3. The Labute approximate surface area is 249 Å². The number of nitrogens with one attached hydrogen (secondary N) is 1. The summed E-state index contributed by atoms with van der Waals surface area (Å²) in [4.78, 5) is 46.4. The molecule has 218 valence electrons. The summed E-state index contributed by atoms with van der Waals surface area (Å²) in [6.07, 6.45) is 3.81. The van der Waals surface area contributed by atoms with E-state index in [2.05, 4.69) is 48.2 Å². The number of carbonyl (C=O) groups is 2. The first-order chi connectivity index (χ1) is 19.9. The Hall–Kier alpha value is -3.84. The average Bonchev–Trinajstić information content (AvgIpc) is 3.28. The summed E-state index contributed by atoms with van der Waals surface area (Å²) in [5, 5.41) is 18.7. The van der Waals surface area contributed by atoms with Crippen molar-refractivity contribution in [1.82, 2.24) is 34.6 Å². The molecule has 2 N–H and O–H groups in total. The van der Waals surface area contributed by atoms with Gasteiger partial charge in [-0.25, -0.2) is 19.3 Å². The highest BCUT2D eigenvalue weighted by molar-refractivity contribution is 9.10. The van der Waals surface area contributed by atoms with Crippen LogP contribution in [-0.2, 0) is 16.1 Å². The molecule has 42 heavy (non-hydrogen) atoms. The maximum atomic E-state index is 13.9. The predicted octanol–water partition coefficient (Wildman–Crippen LogP) is 4.18. The van der Waals surface area contributed by atoms with Crippen molar-refractivity contribution in [2.75, 3.05) is 5.32 Å². The number of anilines is 1. The van der Waals surface area contributed by atoms with Crippen LogP contribution >= 0.6 is 15.9 Å². The summed E-state index contributed by atoms with van der Waals surface area (Å²) in [6, 6.07) is 2.34. The molecule has 5 heterocycles. The van der Waals surface area contributed by atoms with E-state index >= 15 is 0 Å². The molecule has 1 unspecified atom stereocenters. The fraction of sp³-hybridized carbons (Fsp3) is 0.414. The van der Waals surface area contributed by atoms with E-state index in [0.29, 0.717) is 45.8 Å². The fourth-order valence-electron chi connectivity index (χ4n) is 5.97. The van der Waals surface area contributed by atoms with Crippen LogP contribution in [0.5, 0.6) is 0 Å². The van der Waals surface area contributed by atoms with Crippen molar-refractivity contribution < 1.29 is 19.1 Å². The molecular formula is C29H30BrFN8O3. The molecule has 11 nitrogen and oxygen atoms in total. The van der Waals surface area contributed by atoms with E-state index in [1.807, 2.05) is 13.0 Å². The molecule has 0 radical (unpaired) electrons. The highest BCUT2D eigenvalue weighted by Gasteiger charge is 2.64. The minimum Gasteiger partial charge on any atom is -0.387 e. The zero-order valence-electron chi connectivity index (χ0n) is 23.8. The van der Waals surface area contributed by atoms with Gasteiger partial charge in [-0.05, 0) is 79.6 Å². The van der Waals surface area contributed by atoms with Crippen LogP contribution in [0.15, 0.2) is 29.1 Å². The van der Waals surface area contributed by atoms with Crippen molar-refractivity contribution in [3.05, 3.63) is 57.7 Å². The summed E-state index contributed by atoms with van der Waals surface area (Å²) in [5.74, 6) is -0.274. The molecule has 2 aliphatic rings. The molecule has 4 aromatic rings. The lowest BCUT2D eigenvalue weighted by Crippen LogP contribution is -2.47. The quantitative estimate of drug-likeness (QED) is 0.301. The number of pyridine rings is 2. The molecule has 6 rings (SSSR count). The average molecular weight is 638 g/mol. The summed E-state index contributed by atoms with van der Waals surface area (Å²) < 4.78 is 15.4. The number of carbonyl (C=O) groups excluding carboxylic acids is 2. The predicted molar refractivity (Wildman–Crippen MR) is 156 cm³/mol. The van der Waals surface area contributed by atoms with Gasteiger partial charge in [-0.1, -0.05) is 6.92 Å². The van der Waals surface area contributed by atoms with Gasteiger partial charge in [0, 0.05) is 29.4 Å². The number of aliphatic hydroxyl groups is 1. The molecule has 1 aliphatic carbocycles. The highest BCUT2D eigenvalue weighted by atomic mass is 79.9. The topological polar surface area (TPSA) is 139 Å². The number of amides is 2. The lowest BCUT2D eigenvalue weighted by Gasteiger charge is -2.27. The van der Waals surface area contributed by atoms with Crippen LogP contribution < -0.4 is 5.32 Å². The summed E-state index contributed by atoms with van der Waals surface area (Å²) in [6.45, 7) is 8.85. The number of hydrogen-bond acceptors (Lipinski definition) is 8. The number of rotatable bonds is 6. The standard InChI is InChI=1S/C29H30BrFN8O3/c1-13-6-19(31)26(30)35-27(13)36-28(42)21-8-29(5)9-22(29)39(21)23(41)12-38-25-14(2)34-20(17-10-32-16(4)33-11-17)7-18(25)24(37-38)15(3)40/h6-7,10-11,15,21-22,40H,8-9,12H2,1-5H3,(H,35,36,42)/t15?,21-,22+,29-/m0/s1. The smallest absolute Gasteiger partial charge is 0.248 e. The normalized spacial score (nSPS) is 21.9. The minimum absolute atomic E-state index is 0.000851. The van der Waals surface area contributed by atoms with Crippen LogP contribution in [0.4, 0.5) is 10.2 Å². The first kappa shape index (κ1) is 28.3. The minimum atomic E-state index is -0.893. The number of likely N-dealkylation sites (tertiary alicyclic amines) is 1. The summed E-state index contributed by atoms with van der Waals surface area (Å²) >= 11 is 3.07. The van der Waals surface area contributed by atoms with Gasteiger partial charge in [0.2, 0.25) is 11.8 Å². The largest absolute Gasteiger partial charge is 0.387 e. The van der Waals surface area contributed by atoms with E-state index in [1.54, 1.807) is 42.7 Å². The van der Waals surface area contributed by atoms with Gasteiger partial charge >= 0.3 is 0 Å². The second kappa shape index (κ2) is 10.2. The molecule has 0 bridgehead atoms. The Morgan fingerprint density at radius 3 is 2.60 bits per heavy atom. The van der Waals surface area contributed by atoms with Gasteiger partial charge in [0.05, 0.1) is 28.7 Å². The van der Waals surface area contributed by atoms with Gasteiger partial charge in [-0.15, -0.1) is 0 Å². The third-order valence-electron chi connectivity index (χ3n) is 8.28. The van der Waals surface area contributed by atoms with Crippen molar-refractivity contribution in [3.8, 4) is 11.3 Å². The molecule has 1 saturated heterocycles. The van der Waals surface area contributed by atoms with E-state index in [9.17, 15) is 19.1 Å². The van der Waals surface area contributed by atoms with Crippen LogP contribution in [0.1, 0.15) is 55.6 Å². The van der Waals surface area contributed by atoms with Crippen LogP contribution in [0, 0.1) is 32.0 Å². The zero-order chi connectivity index (χ0) is 30.1. The van der Waals surface area contributed by atoms with Crippen molar-refractivity contribution in [3.63, 3.8) is 0 Å². The molecule has 4 atom stereocenters. The van der Waals surface area contributed by atoms with Crippen LogP contribution in [0.2, 0.25) is 0 Å². The molecule has 1 saturated carbocycles. The molecule has 2 amide bonds. The number of aliphatic hydroxyl groups excluding tert-OH is 1. The van der Waals surface area contributed by atoms with Crippen LogP contribution in [-0.4, -0.2) is 63.6 Å². The van der Waals surface area contributed by atoms with Gasteiger partial charge in [-0.3, -0.25) is 19.3 Å². The van der Waals surface area contributed by atoms with Crippen molar-refractivity contribution >= 4 is 44.5 Å². The number of hydrogen-bond donors (Lipinski definition) is 2. The number of aryl methyl sites for hydroxylation is 3. The lowest BCUT2D eigenvalue weighted by atomic mass is 10.0. The van der Waals surface area contributed by atoms with Crippen molar-refractivity contribution in [2.45, 2.75) is 72.2 Å². The van der Waals surface area contributed by atoms with Gasteiger partial charge in [0.1, 0.15) is 28.8 Å². The van der Waals surface area contributed by atoms with E-state index in [-0.39, 0.29) is 40.2 Å². The number of aromatic nitrogens is 6. The molecule has 2 fully saturated rings.